The Kier molecular flexibility index (Phi) is 3.52. The molecule has 0 aromatic heterocycles. The van der Waals surface area contributed by atoms with Gasteiger partial charge in [-0.25, -0.2) is 4.79 Å². The number of carbonyl (C=O) groups excluding carboxylic acids is 3. The van der Waals surface area contributed by atoms with Crippen LogP contribution in [0.2, 0.25) is 0 Å². The minimum absolute atomic E-state index is 0.112. The molecule has 0 aromatic carbocycles. The number of rotatable bonds is 2. The Morgan fingerprint density at radius 2 is 2.07 bits per heavy atom. The smallest absolute Gasteiger partial charge is 0.331 e. The number of amides is 2. The maximum absolute atomic E-state index is 11.6. The van der Waals surface area contributed by atoms with Gasteiger partial charge in [0.05, 0.1) is 12.0 Å². The number of methoxy groups -OCH3 is 1. The van der Waals surface area contributed by atoms with Gasteiger partial charge >= 0.3 is 5.97 Å². The predicted octanol–water partition coefficient (Wildman–Crippen LogP) is 1.15. The fraction of sp³-hybridized carbons (Fsp3) is 0.444. The van der Waals surface area contributed by atoms with E-state index < -0.39 is 11.9 Å². The van der Waals surface area contributed by atoms with Gasteiger partial charge in [-0.15, -0.1) is 0 Å². The van der Waals surface area contributed by atoms with Gasteiger partial charge in [-0.05, 0) is 25.6 Å². The predicted molar refractivity (Wildman–Crippen MR) is 55.1 cm³/mol. The normalized spacial score (nSPS) is 19.2. The van der Waals surface area contributed by atoms with Crippen molar-refractivity contribution >= 4 is 28.9 Å². The Morgan fingerprint density at radius 1 is 1.47 bits per heavy atom. The number of esters is 1. The van der Waals surface area contributed by atoms with Crippen molar-refractivity contribution < 1.29 is 19.1 Å². The van der Waals surface area contributed by atoms with Crippen molar-refractivity contribution in [2.45, 2.75) is 19.9 Å². The topological polar surface area (TPSA) is 63.7 Å². The second kappa shape index (κ2) is 4.48. The number of hydrogen-bond acceptors (Lipinski definition) is 5. The van der Waals surface area contributed by atoms with Crippen molar-refractivity contribution in [1.29, 1.82) is 0 Å². The minimum atomic E-state index is -0.635. The molecule has 2 amide bonds. The quantitative estimate of drug-likeness (QED) is 0.525. The van der Waals surface area contributed by atoms with Crippen molar-refractivity contribution in [1.82, 2.24) is 4.90 Å². The molecule has 0 N–H and O–H groups in total. The molecule has 1 fully saturated rings. The van der Waals surface area contributed by atoms with Gasteiger partial charge < -0.3 is 4.74 Å². The van der Waals surface area contributed by atoms with E-state index in [2.05, 4.69) is 4.74 Å². The summed E-state index contributed by atoms with van der Waals surface area (Å²) in [6.45, 7) is 3.47. The van der Waals surface area contributed by atoms with Gasteiger partial charge in [-0.3, -0.25) is 14.5 Å². The highest BCUT2D eigenvalue weighted by molar-refractivity contribution is 8.18. The molecule has 0 aromatic rings. The highest BCUT2D eigenvalue weighted by Crippen LogP contribution is 2.31. The van der Waals surface area contributed by atoms with E-state index in [1.54, 1.807) is 13.8 Å². The average molecular weight is 229 g/mol. The summed E-state index contributed by atoms with van der Waals surface area (Å²) in [7, 11) is 1.21. The molecule has 1 aliphatic heterocycles. The van der Waals surface area contributed by atoms with Crippen LogP contribution in [0.5, 0.6) is 0 Å². The van der Waals surface area contributed by atoms with Gasteiger partial charge in [-0.2, -0.15) is 0 Å². The third kappa shape index (κ3) is 2.38. The third-order valence-electron chi connectivity index (χ3n) is 1.79. The summed E-state index contributed by atoms with van der Waals surface area (Å²) in [5.74, 6) is -1.07. The molecular weight excluding hydrogens is 218 g/mol. The monoisotopic (exact) mass is 229 g/mol. The molecule has 0 bridgehead atoms. The number of hydrogen-bond donors (Lipinski definition) is 0. The van der Waals surface area contributed by atoms with Crippen LogP contribution < -0.4 is 0 Å². The average Bonchev–Trinajstić information content (AvgIpc) is 2.41. The Hall–Kier alpha value is -1.30. The van der Waals surface area contributed by atoms with E-state index in [1.165, 1.54) is 7.11 Å². The first-order valence-electron chi connectivity index (χ1n) is 4.32. The van der Waals surface area contributed by atoms with Crippen LogP contribution in [0.15, 0.2) is 11.0 Å². The zero-order valence-electron chi connectivity index (χ0n) is 8.64. The lowest BCUT2D eigenvalue weighted by Gasteiger charge is -2.16. The molecule has 0 unspecified atom stereocenters. The minimum Gasteiger partial charge on any atom is -0.466 e. The van der Waals surface area contributed by atoms with E-state index in [1.807, 2.05) is 0 Å². The van der Waals surface area contributed by atoms with Crippen LogP contribution in [-0.2, 0) is 14.3 Å². The maximum atomic E-state index is 11.6. The van der Waals surface area contributed by atoms with Crippen molar-refractivity contribution in [3.8, 4) is 0 Å². The van der Waals surface area contributed by atoms with Crippen LogP contribution >= 0.6 is 11.8 Å². The molecule has 1 aliphatic rings. The molecule has 1 rings (SSSR count). The number of thioether (sulfide) groups is 1. The number of carbonyl (C=O) groups is 3. The van der Waals surface area contributed by atoms with Gasteiger partial charge in [-0.1, -0.05) is 0 Å². The second-order valence-corrected chi connectivity index (χ2v) is 4.16. The Labute approximate surface area is 91.4 Å². The molecule has 5 nitrogen and oxygen atoms in total. The van der Waals surface area contributed by atoms with E-state index >= 15 is 0 Å². The molecular formula is C9H11NO4S. The van der Waals surface area contributed by atoms with Crippen LogP contribution in [0.4, 0.5) is 4.79 Å². The van der Waals surface area contributed by atoms with Crippen LogP contribution in [0, 0.1) is 0 Å². The molecule has 0 radical (unpaired) electrons. The molecule has 6 heteroatoms. The zero-order valence-corrected chi connectivity index (χ0v) is 9.46. The Balaban J connectivity index is 2.91. The lowest BCUT2D eigenvalue weighted by Crippen LogP contribution is -2.34. The summed E-state index contributed by atoms with van der Waals surface area (Å²) < 4.78 is 4.38. The first kappa shape index (κ1) is 11.8. The number of ether oxygens (including phenoxy) is 1. The van der Waals surface area contributed by atoms with Crippen LogP contribution in [-0.4, -0.2) is 35.2 Å². The molecule has 0 spiro atoms. The summed E-state index contributed by atoms with van der Waals surface area (Å²) in [6.07, 6.45) is 1.03. The van der Waals surface area contributed by atoms with E-state index in [0.29, 0.717) is 0 Å². The van der Waals surface area contributed by atoms with Gasteiger partial charge in [0.1, 0.15) is 0 Å². The standard InChI is InChI=1S/C9H11NO4S/c1-5(2)10-8(12)6(15-9(10)13)4-7(11)14-3/h4-5H,1-3H3. The van der Waals surface area contributed by atoms with Gasteiger partial charge in [0.25, 0.3) is 11.1 Å². The van der Waals surface area contributed by atoms with E-state index in [9.17, 15) is 14.4 Å². The summed E-state index contributed by atoms with van der Waals surface area (Å²) in [4.78, 5) is 35.1. The van der Waals surface area contributed by atoms with Crippen LogP contribution in [0.1, 0.15) is 13.8 Å². The lowest BCUT2D eigenvalue weighted by molar-refractivity contribution is -0.135. The molecule has 0 atom stereocenters. The van der Waals surface area contributed by atoms with Gasteiger partial charge in [0.2, 0.25) is 0 Å². The van der Waals surface area contributed by atoms with Crippen molar-refractivity contribution in [3.05, 3.63) is 11.0 Å². The summed E-state index contributed by atoms with van der Waals surface area (Å²) in [6, 6.07) is -0.207. The van der Waals surface area contributed by atoms with Crippen LogP contribution in [0.25, 0.3) is 0 Å². The van der Waals surface area contributed by atoms with Crippen LogP contribution in [0.3, 0.4) is 0 Å². The van der Waals surface area contributed by atoms with Gasteiger partial charge in [0.15, 0.2) is 0 Å². The molecule has 1 saturated heterocycles. The fourth-order valence-corrected chi connectivity index (χ4v) is 2.01. The molecule has 82 valence electrons. The zero-order chi connectivity index (χ0) is 11.6. The largest absolute Gasteiger partial charge is 0.466 e. The molecule has 15 heavy (non-hydrogen) atoms. The van der Waals surface area contributed by atoms with E-state index in [-0.39, 0.29) is 16.2 Å². The SMILES string of the molecule is COC(=O)C=C1SC(=O)N(C(C)C)C1=O. The number of nitrogens with zero attached hydrogens (tertiary/aromatic N) is 1. The first-order valence-corrected chi connectivity index (χ1v) is 5.14. The second-order valence-electron chi connectivity index (χ2n) is 3.17. The molecule has 0 saturated carbocycles. The summed E-state index contributed by atoms with van der Waals surface area (Å²) >= 11 is 0.752. The fourth-order valence-electron chi connectivity index (χ4n) is 1.09. The summed E-state index contributed by atoms with van der Waals surface area (Å²) in [5.41, 5.74) is 0. The highest BCUT2D eigenvalue weighted by Gasteiger charge is 2.37. The van der Waals surface area contributed by atoms with E-state index in [0.717, 1.165) is 22.7 Å². The Morgan fingerprint density at radius 3 is 2.47 bits per heavy atom. The highest BCUT2D eigenvalue weighted by atomic mass is 32.2. The molecule has 0 aliphatic carbocycles. The lowest BCUT2D eigenvalue weighted by atomic mass is 10.3. The number of imide groups is 1. The van der Waals surface area contributed by atoms with Gasteiger partial charge in [0, 0.05) is 12.1 Å². The van der Waals surface area contributed by atoms with Crippen molar-refractivity contribution in [3.63, 3.8) is 0 Å². The Bertz CT molecular complexity index is 348. The van der Waals surface area contributed by atoms with E-state index in [4.69, 9.17) is 0 Å². The van der Waals surface area contributed by atoms with Crippen molar-refractivity contribution in [2.24, 2.45) is 0 Å². The third-order valence-corrected chi connectivity index (χ3v) is 2.67. The molecule has 1 heterocycles. The maximum Gasteiger partial charge on any atom is 0.331 e. The first-order chi connectivity index (χ1) is 6.97. The van der Waals surface area contributed by atoms with Crippen molar-refractivity contribution in [2.75, 3.05) is 7.11 Å². The summed E-state index contributed by atoms with van der Waals surface area (Å²) in [5, 5.41) is -0.356.